The number of hydrogen-bond donors (Lipinski definition) is 1. The minimum atomic E-state index is 0.606. The summed E-state index contributed by atoms with van der Waals surface area (Å²) in [6.45, 7) is 8.11. The maximum atomic E-state index is 3.63. The van der Waals surface area contributed by atoms with Crippen LogP contribution < -0.4 is 5.32 Å². The van der Waals surface area contributed by atoms with Crippen molar-refractivity contribution in [1.82, 2.24) is 10.2 Å². The van der Waals surface area contributed by atoms with Gasteiger partial charge < -0.3 is 10.2 Å². The van der Waals surface area contributed by atoms with Crippen LogP contribution in [0.2, 0.25) is 0 Å². The van der Waals surface area contributed by atoms with Gasteiger partial charge in [-0.05, 0) is 24.9 Å². The Bertz CT molecular complexity index is 321. The molecule has 1 aliphatic heterocycles. The zero-order valence-electron chi connectivity index (χ0n) is 11.0. The van der Waals surface area contributed by atoms with Crippen molar-refractivity contribution in [2.45, 2.75) is 38.8 Å². The molecule has 0 radical (unpaired) electrons. The summed E-state index contributed by atoms with van der Waals surface area (Å²) in [5, 5.41) is 3.63. The molecule has 2 heteroatoms. The van der Waals surface area contributed by atoms with Gasteiger partial charge in [-0.1, -0.05) is 44.2 Å². The SMILES string of the molecule is CC(C)NC1CCN(CCc2ccccc2)C1. The Kier molecular flexibility index (Phi) is 4.57. The van der Waals surface area contributed by atoms with Crippen LogP contribution in [-0.4, -0.2) is 36.6 Å². The van der Waals surface area contributed by atoms with E-state index in [4.69, 9.17) is 0 Å². The van der Waals surface area contributed by atoms with E-state index in [0.29, 0.717) is 12.1 Å². The first-order chi connectivity index (χ1) is 8.24. The Hall–Kier alpha value is -0.860. The van der Waals surface area contributed by atoms with Gasteiger partial charge in [0.1, 0.15) is 0 Å². The monoisotopic (exact) mass is 232 g/mol. The zero-order valence-corrected chi connectivity index (χ0v) is 11.0. The molecule has 1 saturated heterocycles. The second-order valence-electron chi connectivity index (χ2n) is 5.34. The van der Waals surface area contributed by atoms with Crippen molar-refractivity contribution < 1.29 is 0 Å². The van der Waals surface area contributed by atoms with Gasteiger partial charge in [-0.2, -0.15) is 0 Å². The van der Waals surface area contributed by atoms with Gasteiger partial charge >= 0.3 is 0 Å². The topological polar surface area (TPSA) is 15.3 Å². The quantitative estimate of drug-likeness (QED) is 0.838. The predicted octanol–water partition coefficient (Wildman–Crippen LogP) is 2.30. The maximum Gasteiger partial charge on any atom is 0.0209 e. The first kappa shape index (κ1) is 12.6. The third-order valence-corrected chi connectivity index (χ3v) is 3.40. The average molecular weight is 232 g/mol. The van der Waals surface area contributed by atoms with Gasteiger partial charge in [0, 0.05) is 25.2 Å². The van der Waals surface area contributed by atoms with Crippen LogP contribution in [0.1, 0.15) is 25.8 Å². The Balaban J connectivity index is 1.71. The Labute approximate surface area is 105 Å². The Morgan fingerprint density at radius 2 is 2.06 bits per heavy atom. The lowest BCUT2D eigenvalue weighted by Crippen LogP contribution is -2.37. The molecule has 0 spiro atoms. The number of benzene rings is 1. The van der Waals surface area contributed by atoms with E-state index in [1.165, 1.54) is 38.0 Å². The van der Waals surface area contributed by atoms with Crippen molar-refractivity contribution in [2.24, 2.45) is 0 Å². The molecule has 1 unspecified atom stereocenters. The molecule has 1 fully saturated rings. The van der Waals surface area contributed by atoms with E-state index in [2.05, 4.69) is 54.4 Å². The van der Waals surface area contributed by atoms with E-state index in [0.717, 1.165) is 0 Å². The van der Waals surface area contributed by atoms with Crippen LogP contribution in [0.3, 0.4) is 0 Å². The summed E-state index contributed by atoms with van der Waals surface area (Å²) < 4.78 is 0. The van der Waals surface area contributed by atoms with Crippen molar-refractivity contribution >= 4 is 0 Å². The molecule has 0 aliphatic carbocycles. The molecule has 2 nitrogen and oxygen atoms in total. The number of likely N-dealkylation sites (tertiary alicyclic amines) is 1. The van der Waals surface area contributed by atoms with E-state index >= 15 is 0 Å². The van der Waals surface area contributed by atoms with Crippen molar-refractivity contribution in [3.05, 3.63) is 35.9 Å². The summed E-state index contributed by atoms with van der Waals surface area (Å²) in [6, 6.07) is 12.1. The number of rotatable bonds is 5. The summed E-state index contributed by atoms with van der Waals surface area (Å²) in [4.78, 5) is 2.58. The number of hydrogen-bond acceptors (Lipinski definition) is 2. The van der Waals surface area contributed by atoms with Crippen LogP contribution in [0.4, 0.5) is 0 Å². The average Bonchev–Trinajstić information content (AvgIpc) is 2.75. The summed E-state index contributed by atoms with van der Waals surface area (Å²) in [5.74, 6) is 0. The predicted molar refractivity (Wildman–Crippen MR) is 73.3 cm³/mol. The van der Waals surface area contributed by atoms with Gasteiger partial charge in [0.2, 0.25) is 0 Å². The van der Waals surface area contributed by atoms with Crippen LogP contribution in [0, 0.1) is 0 Å². The Morgan fingerprint density at radius 1 is 1.29 bits per heavy atom. The molecule has 1 N–H and O–H groups in total. The molecule has 1 aromatic rings. The highest BCUT2D eigenvalue weighted by Gasteiger charge is 2.21. The highest BCUT2D eigenvalue weighted by molar-refractivity contribution is 5.14. The molecule has 1 aliphatic rings. The lowest BCUT2D eigenvalue weighted by atomic mass is 10.1. The smallest absolute Gasteiger partial charge is 0.0209 e. The summed E-state index contributed by atoms with van der Waals surface area (Å²) >= 11 is 0. The molecule has 1 atom stereocenters. The molecular formula is C15H24N2. The third kappa shape index (κ3) is 4.14. The van der Waals surface area contributed by atoms with E-state index < -0.39 is 0 Å². The standard InChI is InChI=1S/C15H24N2/c1-13(2)16-15-9-11-17(12-15)10-8-14-6-4-3-5-7-14/h3-7,13,15-16H,8-12H2,1-2H3. The highest BCUT2D eigenvalue weighted by Crippen LogP contribution is 2.11. The van der Waals surface area contributed by atoms with Gasteiger partial charge in [0.25, 0.3) is 0 Å². The fourth-order valence-electron chi connectivity index (χ4n) is 2.58. The number of nitrogens with one attached hydrogen (secondary N) is 1. The minimum Gasteiger partial charge on any atom is -0.310 e. The Morgan fingerprint density at radius 3 is 2.76 bits per heavy atom. The van der Waals surface area contributed by atoms with Crippen LogP contribution in [0.5, 0.6) is 0 Å². The molecular weight excluding hydrogens is 208 g/mol. The molecule has 0 amide bonds. The summed E-state index contributed by atoms with van der Waals surface area (Å²) in [5.41, 5.74) is 1.45. The minimum absolute atomic E-state index is 0.606. The first-order valence-corrected chi connectivity index (χ1v) is 6.76. The van der Waals surface area contributed by atoms with Gasteiger partial charge in [0.05, 0.1) is 0 Å². The second-order valence-corrected chi connectivity index (χ2v) is 5.34. The van der Waals surface area contributed by atoms with Crippen molar-refractivity contribution in [1.29, 1.82) is 0 Å². The maximum absolute atomic E-state index is 3.63. The molecule has 0 aromatic heterocycles. The van der Waals surface area contributed by atoms with E-state index in [1.54, 1.807) is 0 Å². The largest absolute Gasteiger partial charge is 0.310 e. The number of nitrogens with zero attached hydrogens (tertiary/aromatic N) is 1. The van der Waals surface area contributed by atoms with Gasteiger partial charge in [-0.3, -0.25) is 0 Å². The van der Waals surface area contributed by atoms with Crippen molar-refractivity contribution in [2.75, 3.05) is 19.6 Å². The van der Waals surface area contributed by atoms with Crippen LogP contribution in [-0.2, 0) is 6.42 Å². The normalized spacial score (nSPS) is 21.2. The van der Waals surface area contributed by atoms with Crippen molar-refractivity contribution in [3.63, 3.8) is 0 Å². The zero-order chi connectivity index (χ0) is 12.1. The fourth-order valence-corrected chi connectivity index (χ4v) is 2.58. The van der Waals surface area contributed by atoms with Crippen molar-refractivity contribution in [3.8, 4) is 0 Å². The molecule has 17 heavy (non-hydrogen) atoms. The molecule has 2 rings (SSSR count). The molecule has 1 heterocycles. The lowest BCUT2D eigenvalue weighted by molar-refractivity contribution is 0.328. The summed E-state index contributed by atoms with van der Waals surface area (Å²) in [6.07, 6.45) is 2.47. The third-order valence-electron chi connectivity index (χ3n) is 3.40. The molecule has 94 valence electrons. The van der Waals surface area contributed by atoms with E-state index in [-0.39, 0.29) is 0 Å². The fraction of sp³-hybridized carbons (Fsp3) is 0.600. The molecule has 0 saturated carbocycles. The van der Waals surface area contributed by atoms with Gasteiger partial charge in [0.15, 0.2) is 0 Å². The van der Waals surface area contributed by atoms with Crippen LogP contribution >= 0.6 is 0 Å². The molecule has 1 aromatic carbocycles. The van der Waals surface area contributed by atoms with E-state index in [9.17, 15) is 0 Å². The molecule has 0 bridgehead atoms. The second kappa shape index (κ2) is 6.18. The first-order valence-electron chi connectivity index (χ1n) is 6.76. The van der Waals surface area contributed by atoms with Crippen LogP contribution in [0.25, 0.3) is 0 Å². The summed E-state index contributed by atoms with van der Waals surface area (Å²) in [7, 11) is 0. The van der Waals surface area contributed by atoms with Gasteiger partial charge in [-0.25, -0.2) is 0 Å². The highest BCUT2D eigenvalue weighted by atomic mass is 15.2. The van der Waals surface area contributed by atoms with Gasteiger partial charge in [-0.15, -0.1) is 0 Å². The van der Waals surface area contributed by atoms with Crippen LogP contribution in [0.15, 0.2) is 30.3 Å². The van der Waals surface area contributed by atoms with E-state index in [1.807, 2.05) is 0 Å². The lowest BCUT2D eigenvalue weighted by Gasteiger charge is -2.18.